The predicted octanol–water partition coefficient (Wildman–Crippen LogP) is 4.56. The monoisotopic (exact) mass is 859 g/mol. The number of amides is 3. The van der Waals surface area contributed by atoms with Crippen LogP contribution in [0.4, 0.5) is 5.95 Å². The van der Waals surface area contributed by atoms with E-state index >= 15 is 0 Å². The number of carbonyl (C=O) groups is 4. The van der Waals surface area contributed by atoms with E-state index in [0.29, 0.717) is 76.3 Å². The highest BCUT2D eigenvalue weighted by molar-refractivity contribution is 6.49. The number of methoxy groups -OCH3 is 1. The van der Waals surface area contributed by atoms with Gasteiger partial charge in [0.1, 0.15) is 39.6 Å². The van der Waals surface area contributed by atoms with Crippen molar-refractivity contribution in [1.82, 2.24) is 44.0 Å². The number of aromatic nitrogens is 8. The molecule has 2 aromatic carbocycles. The lowest BCUT2D eigenvalue weighted by Crippen LogP contribution is -2.27. The molecule has 1 fully saturated rings. The average Bonchev–Trinajstić information content (AvgIpc) is 4.05. The van der Waals surface area contributed by atoms with E-state index in [1.165, 1.54) is 25.3 Å². The number of benzene rings is 2. The summed E-state index contributed by atoms with van der Waals surface area (Å²) in [5, 5.41) is 24.4. The van der Waals surface area contributed by atoms with Crippen molar-refractivity contribution in [2.45, 2.75) is 79.6 Å². The van der Waals surface area contributed by atoms with Crippen molar-refractivity contribution < 1.29 is 28.7 Å². The quantitative estimate of drug-likeness (QED) is 0.0326. The maximum absolute atomic E-state index is 14.0. The number of hydrogen-bond acceptors (Lipinski definition) is 12. The average molecular weight is 860 g/mol. The minimum Gasteiger partial charge on any atom is -0.494 e. The summed E-state index contributed by atoms with van der Waals surface area (Å²) < 4.78 is 18.7. The van der Waals surface area contributed by atoms with Gasteiger partial charge in [0.05, 0.1) is 36.1 Å². The van der Waals surface area contributed by atoms with Gasteiger partial charge in [0.25, 0.3) is 5.91 Å². The molecule has 0 unspecified atom stereocenters. The lowest BCUT2D eigenvalue weighted by Gasteiger charge is -2.22. The third-order valence-corrected chi connectivity index (χ3v) is 11.2. The van der Waals surface area contributed by atoms with Gasteiger partial charge in [-0.25, -0.2) is 9.97 Å². The summed E-state index contributed by atoms with van der Waals surface area (Å²) in [6.07, 6.45) is 7.62. The maximum Gasteiger partial charge on any atom is 0.276 e. The van der Waals surface area contributed by atoms with Gasteiger partial charge < -0.3 is 35.4 Å². The topological polar surface area (TPSA) is 258 Å². The van der Waals surface area contributed by atoms with Crippen molar-refractivity contribution in [3.63, 3.8) is 0 Å². The normalized spacial score (nSPS) is 13.3. The minimum absolute atomic E-state index is 0.0480. The molecule has 63 heavy (non-hydrogen) atoms. The number of ketones is 1. The number of piperidine rings is 1. The standard InChI is InChI=1S/C44H53N13O6/c1-6-56-32(19-25(3)52-56)39(58)36(45)42-49-30-21-29(41(47)60)24-35(63-18-10-11-27-12-14-48-15-13-27)38(30)54(42)16-8-9-17-55-37-31(22-28(40(46)59)23-34(37)62-5)50-44(55)51-43(61)33-20-26(4)53-57(33)7-2/h8-9,19-24,27,45,48H,6-7,10-18H2,1-5H3,(H2,46,59)(H2,47,60)(H,50,51,61)/b9-8+,45-36?. The Morgan fingerprint density at radius 2 is 1.40 bits per heavy atom. The highest BCUT2D eigenvalue weighted by atomic mass is 16.5. The van der Waals surface area contributed by atoms with Crippen molar-refractivity contribution in [3.8, 4) is 11.5 Å². The fraction of sp³-hybridized carbons (Fsp3) is 0.386. The molecule has 1 aliphatic heterocycles. The molecule has 5 heterocycles. The number of nitrogens with two attached hydrogens (primary N) is 2. The highest BCUT2D eigenvalue weighted by Crippen LogP contribution is 2.33. The third kappa shape index (κ3) is 9.23. The number of Topliss-reactive ketones (excluding diaryl/α,β-unsaturated/α-hetero) is 1. The number of hydrogen-bond donors (Lipinski definition) is 5. The molecule has 0 aliphatic carbocycles. The molecule has 0 saturated carbocycles. The van der Waals surface area contributed by atoms with Gasteiger partial charge in [0.2, 0.25) is 23.5 Å². The van der Waals surface area contributed by atoms with Crippen LogP contribution in [-0.2, 0) is 26.2 Å². The third-order valence-electron chi connectivity index (χ3n) is 11.2. The number of nitrogens with one attached hydrogen (secondary N) is 3. The molecule has 0 radical (unpaired) electrons. The van der Waals surface area contributed by atoms with Gasteiger partial charge in [-0.2, -0.15) is 10.2 Å². The van der Waals surface area contributed by atoms with Gasteiger partial charge in [-0.1, -0.05) is 12.2 Å². The summed E-state index contributed by atoms with van der Waals surface area (Å²) in [4.78, 5) is 62.0. The Hall–Kier alpha value is -7.15. The Labute approximate surface area is 363 Å². The van der Waals surface area contributed by atoms with Crippen LogP contribution in [0, 0.1) is 25.2 Å². The molecule has 3 amide bonds. The molecular weight excluding hydrogens is 807 g/mol. The summed E-state index contributed by atoms with van der Waals surface area (Å²) >= 11 is 0. The van der Waals surface area contributed by atoms with Crippen molar-refractivity contribution >= 4 is 57.2 Å². The Bertz CT molecular complexity index is 2770. The second-order valence-electron chi connectivity index (χ2n) is 15.5. The molecular formula is C44H53N13O6. The predicted molar refractivity (Wildman–Crippen MR) is 237 cm³/mol. The molecule has 4 aromatic heterocycles. The second kappa shape index (κ2) is 18.9. The zero-order chi connectivity index (χ0) is 44.9. The molecule has 0 atom stereocenters. The van der Waals surface area contributed by atoms with E-state index < -0.39 is 23.5 Å². The van der Waals surface area contributed by atoms with Crippen LogP contribution in [0.5, 0.6) is 11.5 Å². The second-order valence-corrected chi connectivity index (χ2v) is 15.5. The molecule has 6 aromatic rings. The molecule has 0 spiro atoms. The number of carbonyl (C=O) groups excluding carboxylic acids is 4. The van der Waals surface area contributed by atoms with Crippen molar-refractivity contribution in [2.24, 2.45) is 17.4 Å². The smallest absolute Gasteiger partial charge is 0.276 e. The van der Waals surface area contributed by atoms with E-state index in [1.54, 1.807) is 50.5 Å². The molecule has 1 aliphatic rings. The zero-order valence-electron chi connectivity index (χ0n) is 36.2. The molecule has 0 bridgehead atoms. The largest absolute Gasteiger partial charge is 0.494 e. The Balaban J connectivity index is 1.27. The number of nitrogens with zero attached hydrogens (tertiary/aromatic N) is 8. The lowest BCUT2D eigenvalue weighted by molar-refractivity contribution is 0.0991. The number of fused-ring (bicyclic) bond motifs is 2. The van der Waals surface area contributed by atoms with Gasteiger partial charge in [0, 0.05) is 37.3 Å². The van der Waals surface area contributed by atoms with Crippen LogP contribution in [0.1, 0.15) is 98.4 Å². The van der Waals surface area contributed by atoms with E-state index in [2.05, 4.69) is 20.8 Å². The SMILES string of the molecule is CCn1nc(C)cc1C(=O)Nc1nc2cc(C(N)=O)cc(OC)c2n1C/C=C/Cn1c(C(=N)C(=O)c2cc(C)nn2CC)nc2cc(C(N)=O)cc(OCCCC3CCNCC3)c21. The van der Waals surface area contributed by atoms with Gasteiger partial charge in [-0.3, -0.25) is 39.3 Å². The summed E-state index contributed by atoms with van der Waals surface area (Å²) in [7, 11) is 1.46. The Morgan fingerprint density at radius 3 is 2.02 bits per heavy atom. The maximum atomic E-state index is 14.0. The Kier molecular flexibility index (Phi) is 13.1. The minimum atomic E-state index is -0.677. The van der Waals surface area contributed by atoms with Gasteiger partial charge in [-0.15, -0.1) is 0 Å². The van der Waals surface area contributed by atoms with E-state index in [0.717, 1.165) is 38.8 Å². The molecule has 1 saturated heterocycles. The summed E-state index contributed by atoms with van der Waals surface area (Å²) in [6, 6.07) is 9.48. The van der Waals surface area contributed by atoms with E-state index in [9.17, 15) is 24.6 Å². The molecule has 19 heteroatoms. The van der Waals surface area contributed by atoms with E-state index in [1.807, 2.05) is 26.0 Å². The lowest BCUT2D eigenvalue weighted by atomic mass is 9.93. The van der Waals surface area contributed by atoms with Crippen LogP contribution in [0.3, 0.4) is 0 Å². The number of rotatable bonds is 19. The fourth-order valence-corrected chi connectivity index (χ4v) is 8.07. The van der Waals surface area contributed by atoms with Crippen molar-refractivity contribution in [3.05, 3.63) is 88.3 Å². The number of primary amides is 2. The van der Waals surface area contributed by atoms with Gasteiger partial charge >= 0.3 is 0 Å². The first-order chi connectivity index (χ1) is 30.3. The number of allylic oxidation sites excluding steroid dienone is 2. The molecule has 19 nitrogen and oxygen atoms in total. The summed E-state index contributed by atoms with van der Waals surface area (Å²) in [5.41, 5.74) is 14.9. The number of anilines is 1. The summed E-state index contributed by atoms with van der Waals surface area (Å²) in [5.74, 6) is -0.909. The van der Waals surface area contributed by atoms with Crippen LogP contribution in [-0.4, -0.2) is 94.7 Å². The van der Waals surface area contributed by atoms with Crippen LogP contribution >= 0.6 is 0 Å². The Morgan fingerprint density at radius 1 is 0.825 bits per heavy atom. The van der Waals surface area contributed by atoms with Crippen LogP contribution < -0.4 is 31.6 Å². The van der Waals surface area contributed by atoms with E-state index in [-0.39, 0.29) is 47.4 Å². The zero-order valence-corrected chi connectivity index (χ0v) is 36.2. The number of ether oxygens (including phenoxy) is 2. The summed E-state index contributed by atoms with van der Waals surface area (Å²) in [6.45, 7) is 10.8. The van der Waals surface area contributed by atoms with Crippen LogP contribution in [0.2, 0.25) is 0 Å². The van der Waals surface area contributed by atoms with Crippen molar-refractivity contribution in [1.29, 1.82) is 5.41 Å². The number of imidazole rings is 2. The van der Waals surface area contributed by atoms with E-state index in [4.69, 9.17) is 30.9 Å². The van der Waals surface area contributed by atoms with Crippen LogP contribution in [0.25, 0.3) is 22.1 Å². The van der Waals surface area contributed by atoms with Crippen LogP contribution in [0.15, 0.2) is 48.6 Å². The first-order valence-electron chi connectivity index (χ1n) is 21.1. The molecule has 7 N–H and O–H groups in total. The highest BCUT2D eigenvalue weighted by Gasteiger charge is 2.27. The fourth-order valence-electron chi connectivity index (χ4n) is 8.07. The van der Waals surface area contributed by atoms with Crippen molar-refractivity contribution in [2.75, 3.05) is 32.1 Å². The first-order valence-corrected chi connectivity index (χ1v) is 21.1. The first kappa shape index (κ1) is 43.9. The molecule has 330 valence electrons. The number of aryl methyl sites for hydroxylation is 4. The molecule has 7 rings (SSSR count). The van der Waals surface area contributed by atoms with Gasteiger partial charge in [0.15, 0.2) is 5.82 Å². The van der Waals surface area contributed by atoms with Gasteiger partial charge in [-0.05, 0) is 109 Å².